The molecular weight excluding hydrogens is 147 g/mol. The van der Waals surface area contributed by atoms with Gasteiger partial charge in [-0.2, -0.15) is 30.3 Å². The van der Waals surface area contributed by atoms with Crippen molar-refractivity contribution >= 4 is 5.57 Å². The van der Waals surface area contributed by atoms with Crippen LogP contribution in [0.4, 0.5) is 0 Å². The van der Waals surface area contributed by atoms with E-state index in [1.807, 2.05) is 31.2 Å². The molecule has 0 bridgehead atoms. The Hall–Kier alpha value is 0.596. The molecule has 0 N–H and O–H groups in total. The first-order valence-electron chi connectivity index (χ1n) is 2.92. The van der Waals surface area contributed by atoms with Gasteiger partial charge in [0.2, 0.25) is 0 Å². The summed E-state index contributed by atoms with van der Waals surface area (Å²) in [5.41, 5.74) is 2.29. The Morgan fingerprint density at radius 1 is 1.40 bits per heavy atom. The van der Waals surface area contributed by atoms with Gasteiger partial charge in [0, 0.05) is 0 Å². The predicted molar refractivity (Wildman–Crippen MR) is 40.0 cm³/mol. The fraction of sp³-hybridized carbons (Fsp3) is 0.111. The molecule has 0 aliphatic heterocycles. The van der Waals surface area contributed by atoms with Crippen molar-refractivity contribution in [1.82, 2.24) is 0 Å². The van der Waals surface area contributed by atoms with Crippen LogP contribution in [0.5, 0.6) is 0 Å². The molecule has 0 aromatic heterocycles. The third kappa shape index (κ3) is 3.13. The zero-order chi connectivity index (χ0) is 6.69. The molecule has 0 atom stereocenters. The first-order valence-corrected chi connectivity index (χ1v) is 2.92. The SMILES string of the molecule is C=C(C)c1cc[c-]cc1.[K+]. The molecule has 1 aromatic carbocycles. The van der Waals surface area contributed by atoms with E-state index in [-0.39, 0.29) is 51.4 Å². The Morgan fingerprint density at radius 3 is 2.20 bits per heavy atom. The van der Waals surface area contributed by atoms with Crippen molar-refractivity contribution in [2.75, 3.05) is 0 Å². The van der Waals surface area contributed by atoms with Crippen molar-refractivity contribution in [2.24, 2.45) is 0 Å². The minimum Gasteiger partial charge on any atom is -0.184 e. The van der Waals surface area contributed by atoms with E-state index in [0.29, 0.717) is 0 Å². The molecule has 0 aliphatic rings. The number of hydrogen-bond donors (Lipinski definition) is 0. The van der Waals surface area contributed by atoms with Crippen LogP contribution >= 0.6 is 0 Å². The van der Waals surface area contributed by atoms with E-state index in [1.165, 1.54) is 5.56 Å². The van der Waals surface area contributed by atoms with E-state index in [4.69, 9.17) is 0 Å². The molecule has 1 heteroatoms. The van der Waals surface area contributed by atoms with Crippen LogP contribution in [0.25, 0.3) is 5.57 Å². The van der Waals surface area contributed by atoms with Crippen LogP contribution < -0.4 is 51.4 Å². The summed E-state index contributed by atoms with van der Waals surface area (Å²) in [4.78, 5) is 0. The van der Waals surface area contributed by atoms with Crippen molar-refractivity contribution in [1.29, 1.82) is 0 Å². The fourth-order valence-corrected chi connectivity index (χ4v) is 0.671. The van der Waals surface area contributed by atoms with Crippen LogP contribution in [0.3, 0.4) is 0 Å². The van der Waals surface area contributed by atoms with Gasteiger partial charge in [0.1, 0.15) is 0 Å². The number of rotatable bonds is 1. The summed E-state index contributed by atoms with van der Waals surface area (Å²) in [5, 5.41) is 0. The standard InChI is InChI=1S/C9H9.K/c1-8(2)9-6-4-3-5-7-9;/h4-7H,1H2,2H3;/q-1;+1. The Kier molecular flexibility index (Phi) is 5.59. The molecule has 1 aromatic rings. The van der Waals surface area contributed by atoms with E-state index in [0.717, 1.165) is 5.57 Å². The summed E-state index contributed by atoms with van der Waals surface area (Å²) in [6.07, 6.45) is 0. The molecule has 10 heavy (non-hydrogen) atoms. The van der Waals surface area contributed by atoms with Gasteiger partial charge in [-0.05, 0) is 6.92 Å². The van der Waals surface area contributed by atoms with E-state index >= 15 is 0 Å². The maximum atomic E-state index is 3.81. The molecule has 0 saturated heterocycles. The molecule has 0 saturated carbocycles. The number of hydrogen-bond acceptors (Lipinski definition) is 0. The van der Waals surface area contributed by atoms with Gasteiger partial charge in [-0.25, -0.2) is 0 Å². The smallest absolute Gasteiger partial charge is 0.184 e. The molecule has 0 unspecified atom stereocenters. The van der Waals surface area contributed by atoms with Crippen molar-refractivity contribution in [3.8, 4) is 0 Å². The van der Waals surface area contributed by atoms with Crippen LogP contribution in [0.1, 0.15) is 12.5 Å². The Morgan fingerprint density at radius 2 is 1.90 bits per heavy atom. The molecule has 1 rings (SSSR count). The monoisotopic (exact) mass is 156 g/mol. The molecule has 0 spiro atoms. The molecule has 0 fully saturated rings. The van der Waals surface area contributed by atoms with Crippen LogP contribution in [0.2, 0.25) is 0 Å². The summed E-state index contributed by atoms with van der Waals surface area (Å²) < 4.78 is 0. The zero-order valence-electron chi connectivity index (χ0n) is 6.52. The minimum atomic E-state index is 0. The van der Waals surface area contributed by atoms with Crippen molar-refractivity contribution in [3.63, 3.8) is 0 Å². The molecule has 0 nitrogen and oxygen atoms in total. The molecule has 0 heterocycles. The maximum Gasteiger partial charge on any atom is 1.00 e. The van der Waals surface area contributed by atoms with E-state index < -0.39 is 0 Å². The van der Waals surface area contributed by atoms with Gasteiger partial charge < -0.3 is 0 Å². The summed E-state index contributed by atoms with van der Waals surface area (Å²) in [6, 6.07) is 10.7. The molecular formula is C9H9K. The molecule has 0 amide bonds. The predicted octanol–water partition coefficient (Wildman–Crippen LogP) is -0.476. The van der Waals surface area contributed by atoms with E-state index in [2.05, 4.69) is 12.6 Å². The summed E-state index contributed by atoms with van der Waals surface area (Å²) in [7, 11) is 0. The average Bonchev–Trinajstić information content (AvgIpc) is 1.90. The van der Waals surface area contributed by atoms with Gasteiger partial charge in [0.25, 0.3) is 0 Å². The van der Waals surface area contributed by atoms with Crippen LogP contribution in [-0.4, -0.2) is 0 Å². The van der Waals surface area contributed by atoms with Gasteiger partial charge in [0.05, 0.1) is 0 Å². The van der Waals surface area contributed by atoms with Gasteiger partial charge in [-0.3, -0.25) is 0 Å². The summed E-state index contributed by atoms with van der Waals surface area (Å²) >= 11 is 0. The van der Waals surface area contributed by atoms with E-state index in [9.17, 15) is 0 Å². The van der Waals surface area contributed by atoms with Gasteiger partial charge in [-0.1, -0.05) is 12.2 Å². The topological polar surface area (TPSA) is 0 Å². The fourth-order valence-electron chi connectivity index (χ4n) is 0.671. The van der Waals surface area contributed by atoms with Crippen molar-refractivity contribution in [3.05, 3.63) is 42.5 Å². The zero-order valence-corrected chi connectivity index (χ0v) is 9.64. The Labute approximate surface area is 105 Å². The summed E-state index contributed by atoms with van der Waals surface area (Å²) in [6.45, 7) is 5.81. The number of allylic oxidation sites excluding steroid dienone is 1. The van der Waals surface area contributed by atoms with Crippen LogP contribution in [0.15, 0.2) is 30.8 Å². The largest absolute Gasteiger partial charge is 1.00 e. The minimum absolute atomic E-state index is 0. The normalized spacial score (nSPS) is 8.10. The van der Waals surface area contributed by atoms with Gasteiger partial charge in [-0.15, -0.1) is 5.56 Å². The first kappa shape index (κ1) is 10.6. The Balaban J connectivity index is 0.000000810. The second kappa shape index (κ2) is 5.27. The van der Waals surface area contributed by atoms with E-state index in [1.54, 1.807) is 0 Å². The average molecular weight is 156 g/mol. The third-order valence-corrected chi connectivity index (χ3v) is 1.21. The van der Waals surface area contributed by atoms with Crippen LogP contribution in [-0.2, 0) is 0 Å². The van der Waals surface area contributed by atoms with Crippen molar-refractivity contribution in [2.45, 2.75) is 6.92 Å². The quantitative estimate of drug-likeness (QED) is 0.381. The second-order valence-electron chi connectivity index (χ2n) is 2.07. The number of benzene rings is 1. The molecule has 0 aliphatic carbocycles. The molecule has 0 radical (unpaired) electrons. The van der Waals surface area contributed by atoms with Crippen molar-refractivity contribution < 1.29 is 51.4 Å². The van der Waals surface area contributed by atoms with Gasteiger partial charge in [0.15, 0.2) is 0 Å². The van der Waals surface area contributed by atoms with Crippen LogP contribution in [0, 0.1) is 6.07 Å². The summed E-state index contributed by atoms with van der Waals surface area (Å²) in [5.74, 6) is 0. The van der Waals surface area contributed by atoms with Gasteiger partial charge >= 0.3 is 51.4 Å². The first-order chi connectivity index (χ1) is 4.30. The Bertz CT molecular complexity index is 201. The third-order valence-electron chi connectivity index (χ3n) is 1.21. The maximum absolute atomic E-state index is 3.81. The second-order valence-corrected chi connectivity index (χ2v) is 2.07. The molecule has 46 valence electrons.